The molecular weight excluding hydrogens is 362 g/mol. The normalized spacial score (nSPS) is 10.3. The number of nitrogens with zero attached hydrogens (tertiary/aromatic N) is 1. The Kier molecular flexibility index (Phi) is 5.93. The first-order valence-electron chi connectivity index (χ1n) is 8.38. The van der Waals surface area contributed by atoms with E-state index in [1.807, 2.05) is 54.8 Å². The Morgan fingerprint density at radius 3 is 2.67 bits per heavy atom. The van der Waals surface area contributed by atoms with E-state index in [2.05, 4.69) is 15.6 Å². The molecule has 0 aliphatic rings. The van der Waals surface area contributed by atoms with E-state index in [4.69, 9.17) is 9.47 Å². The quantitative estimate of drug-likeness (QED) is 0.633. The lowest BCUT2D eigenvalue weighted by molar-refractivity contribution is -0.115. The van der Waals surface area contributed by atoms with Gasteiger partial charge in [0.25, 0.3) is 0 Å². The molecule has 6 nitrogen and oxygen atoms in total. The number of ether oxygens (including phenoxy) is 2. The van der Waals surface area contributed by atoms with E-state index in [0.29, 0.717) is 22.3 Å². The highest BCUT2D eigenvalue weighted by molar-refractivity contribution is 7.13. The molecule has 0 spiro atoms. The maximum Gasteiger partial charge on any atom is 0.230 e. The van der Waals surface area contributed by atoms with Crippen molar-refractivity contribution in [2.45, 2.75) is 13.3 Å². The van der Waals surface area contributed by atoms with Crippen LogP contribution in [0.3, 0.4) is 0 Å². The van der Waals surface area contributed by atoms with E-state index in [9.17, 15) is 4.79 Å². The summed E-state index contributed by atoms with van der Waals surface area (Å²) < 4.78 is 10.6. The molecule has 0 bridgehead atoms. The largest absolute Gasteiger partial charge is 0.497 e. The van der Waals surface area contributed by atoms with Gasteiger partial charge in [-0.25, -0.2) is 4.98 Å². The van der Waals surface area contributed by atoms with Gasteiger partial charge in [-0.2, -0.15) is 0 Å². The molecule has 2 aromatic carbocycles. The second-order valence-corrected chi connectivity index (χ2v) is 6.73. The highest BCUT2D eigenvalue weighted by atomic mass is 32.1. The van der Waals surface area contributed by atoms with Crippen molar-refractivity contribution in [3.8, 4) is 11.5 Å². The SMILES string of the molecule is COc1ccc(OC)c(Nc2nc(CC(=O)Nc3ccccc3C)cs2)c1. The number of nitrogens with one attached hydrogen (secondary N) is 2. The number of para-hydroxylation sites is 1. The maximum atomic E-state index is 12.3. The molecule has 0 radical (unpaired) electrons. The van der Waals surface area contributed by atoms with E-state index in [0.717, 1.165) is 16.9 Å². The number of amides is 1. The molecule has 27 heavy (non-hydrogen) atoms. The number of aryl methyl sites for hydroxylation is 1. The van der Waals surface area contributed by atoms with Crippen LogP contribution in [0.2, 0.25) is 0 Å². The number of methoxy groups -OCH3 is 2. The molecule has 1 heterocycles. The van der Waals surface area contributed by atoms with Crippen LogP contribution in [0.25, 0.3) is 0 Å². The van der Waals surface area contributed by atoms with Gasteiger partial charge < -0.3 is 20.1 Å². The number of aromatic nitrogens is 1. The van der Waals surface area contributed by atoms with Gasteiger partial charge in [-0.05, 0) is 30.7 Å². The predicted molar refractivity (Wildman–Crippen MR) is 108 cm³/mol. The number of rotatable bonds is 7. The molecule has 3 aromatic rings. The first-order valence-corrected chi connectivity index (χ1v) is 9.26. The number of carbonyl (C=O) groups is 1. The van der Waals surface area contributed by atoms with Crippen LogP contribution in [-0.4, -0.2) is 25.1 Å². The molecule has 1 amide bonds. The molecule has 0 atom stereocenters. The van der Waals surface area contributed by atoms with Gasteiger partial charge in [0.1, 0.15) is 11.5 Å². The molecule has 3 rings (SSSR count). The fourth-order valence-electron chi connectivity index (χ4n) is 2.54. The Morgan fingerprint density at radius 1 is 1.11 bits per heavy atom. The fourth-order valence-corrected chi connectivity index (χ4v) is 3.27. The predicted octanol–water partition coefficient (Wildman–Crippen LogP) is 4.39. The second-order valence-electron chi connectivity index (χ2n) is 5.88. The third kappa shape index (κ3) is 4.77. The number of hydrogen-bond acceptors (Lipinski definition) is 6. The van der Waals surface area contributed by atoms with Gasteiger partial charge in [-0.3, -0.25) is 4.79 Å². The summed E-state index contributed by atoms with van der Waals surface area (Å²) in [7, 11) is 3.22. The van der Waals surface area contributed by atoms with Gasteiger partial charge in [-0.15, -0.1) is 11.3 Å². The molecule has 7 heteroatoms. The third-order valence-corrected chi connectivity index (χ3v) is 4.77. The number of anilines is 3. The molecule has 2 N–H and O–H groups in total. The van der Waals surface area contributed by atoms with Gasteiger partial charge in [0.15, 0.2) is 5.13 Å². The molecule has 0 unspecified atom stereocenters. The van der Waals surface area contributed by atoms with E-state index in [1.54, 1.807) is 14.2 Å². The number of benzene rings is 2. The van der Waals surface area contributed by atoms with Crippen LogP contribution in [0.15, 0.2) is 47.8 Å². The number of carbonyl (C=O) groups excluding carboxylic acids is 1. The second kappa shape index (κ2) is 8.55. The van der Waals surface area contributed by atoms with Crippen molar-refractivity contribution in [2.75, 3.05) is 24.9 Å². The van der Waals surface area contributed by atoms with Crippen molar-refractivity contribution >= 4 is 33.8 Å². The van der Waals surface area contributed by atoms with Crippen LogP contribution in [0.5, 0.6) is 11.5 Å². The van der Waals surface area contributed by atoms with E-state index in [-0.39, 0.29) is 12.3 Å². The highest BCUT2D eigenvalue weighted by Gasteiger charge is 2.11. The van der Waals surface area contributed by atoms with Crippen LogP contribution >= 0.6 is 11.3 Å². The average Bonchev–Trinajstić information content (AvgIpc) is 3.10. The molecule has 0 aliphatic carbocycles. The Balaban J connectivity index is 1.67. The summed E-state index contributed by atoms with van der Waals surface area (Å²) in [5.41, 5.74) is 3.30. The van der Waals surface area contributed by atoms with Gasteiger partial charge in [0, 0.05) is 17.1 Å². The Bertz CT molecular complexity index is 940. The molecule has 0 aliphatic heterocycles. The Morgan fingerprint density at radius 2 is 1.93 bits per heavy atom. The van der Waals surface area contributed by atoms with Crippen LogP contribution in [0, 0.1) is 6.92 Å². The standard InChI is InChI=1S/C20H21N3O3S/c1-13-6-4-5-7-16(13)22-19(24)10-14-12-27-20(21-14)23-17-11-15(25-2)8-9-18(17)26-3/h4-9,11-12H,10H2,1-3H3,(H,21,23)(H,22,24). The minimum atomic E-state index is -0.0971. The van der Waals surface area contributed by atoms with E-state index >= 15 is 0 Å². The van der Waals surface area contributed by atoms with Crippen molar-refractivity contribution in [3.63, 3.8) is 0 Å². The van der Waals surface area contributed by atoms with Crippen molar-refractivity contribution in [2.24, 2.45) is 0 Å². The molecule has 140 valence electrons. The molecule has 0 saturated carbocycles. The van der Waals surface area contributed by atoms with Gasteiger partial charge in [-0.1, -0.05) is 18.2 Å². The van der Waals surface area contributed by atoms with Crippen molar-refractivity contribution in [1.29, 1.82) is 0 Å². The van der Waals surface area contributed by atoms with Crippen LogP contribution in [0.4, 0.5) is 16.5 Å². The molecule has 1 aromatic heterocycles. The first-order chi connectivity index (χ1) is 13.1. The van der Waals surface area contributed by atoms with Gasteiger partial charge >= 0.3 is 0 Å². The summed E-state index contributed by atoms with van der Waals surface area (Å²) in [6.07, 6.45) is 0.210. The Labute approximate surface area is 162 Å². The molecule has 0 saturated heterocycles. The summed E-state index contributed by atoms with van der Waals surface area (Å²) in [5, 5.41) is 8.69. The fraction of sp³-hybridized carbons (Fsp3) is 0.200. The maximum absolute atomic E-state index is 12.3. The lowest BCUT2D eigenvalue weighted by atomic mass is 10.2. The highest BCUT2D eigenvalue weighted by Crippen LogP contribution is 2.32. The zero-order valence-electron chi connectivity index (χ0n) is 15.4. The van der Waals surface area contributed by atoms with Crippen LogP contribution in [-0.2, 0) is 11.2 Å². The molecule has 0 fully saturated rings. The summed E-state index contributed by atoms with van der Waals surface area (Å²) in [5.74, 6) is 1.30. The number of thiazole rings is 1. The van der Waals surface area contributed by atoms with E-state index < -0.39 is 0 Å². The summed E-state index contributed by atoms with van der Waals surface area (Å²) in [6, 6.07) is 13.2. The van der Waals surface area contributed by atoms with Crippen molar-refractivity contribution in [1.82, 2.24) is 4.98 Å². The summed E-state index contributed by atoms with van der Waals surface area (Å²) in [6.45, 7) is 1.96. The van der Waals surface area contributed by atoms with Crippen molar-refractivity contribution in [3.05, 3.63) is 59.1 Å². The van der Waals surface area contributed by atoms with Gasteiger partial charge in [0.2, 0.25) is 5.91 Å². The minimum Gasteiger partial charge on any atom is -0.497 e. The average molecular weight is 383 g/mol. The lowest BCUT2D eigenvalue weighted by Crippen LogP contribution is -2.15. The van der Waals surface area contributed by atoms with Crippen molar-refractivity contribution < 1.29 is 14.3 Å². The number of hydrogen-bond donors (Lipinski definition) is 2. The smallest absolute Gasteiger partial charge is 0.230 e. The third-order valence-electron chi connectivity index (χ3n) is 3.96. The monoisotopic (exact) mass is 383 g/mol. The van der Waals surface area contributed by atoms with E-state index in [1.165, 1.54) is 11.3 Å². The topological polar surface area (TPSA) is 72.5 Å². The van der Waals surface area contributed by atoms with Crippen LogP contribution in [0.1, 0.15) is 11.3 Å². The minimum absolute atomic E-state index is 0.0971. The van der Waals surface area contributed by atoms with Gasteiger partial charge in [0.05, 0.1) is 32.0 Å². The Hall–Kier alpha value is -3.06. The zero-order chi connectivity index (χ0) is 19.2. The zero-order valence-corrected chi connectivity index (χ0v) is 16.2. The summed E-state index contributed by atoms with van der Waals surface area (Å²) >= 11 is 1.43. The lowest BCUT2D eigenvalue weighted by Gasteiger charge is -2.10. The molecular formula is C20H21N3O3S. The van der Waals surface area contributed by atoms with Crippen LogP contribution < -0.4 is 20.1 Å². The first kappa shape index (κ1) is 18.7. The summed E-state index contributed by atoms with van der Waals surface area (Å²) in [4.78, 5) is 16.8.